The fraction of sp³-hybridized carbons (Fsp3) is 0.125. The molecule has 0 spiro atoms. The van der Waals surface area contributed by atoms with Crippen molar-refractivity contribution in [2.45, 2.75) is 11.3 Å². The maximum atomic E-state index is 12.4. The SMILES string of the molecule is C=CCSc1nnc(NC(=O)c2nc(-c3ccccc3)oc2C)s1. The Morgan fingerprint density at radius 3 is 2.92 bits per heavy atom. The number of benzene rings is 1. The van der Waals surface area contributed by atoms with Crippen molar-refractivity contribution in [2.24, 2.45) is 0 Å². The number of hydrogen-bond donors (Lipinski definition) is 1. The second-order valence-electron chi connectivity index (χ2n) is 4.72. The molecule has 6 nitrogen and oxygen atoms in total. The highest BCUT2D eigenvalue weighted by Crippen LogP contribution is 2.26. The van der Waals surface area contributed by atoms with Gasteiger partial charge >= 0.3 is 0 Å². The summed E-state index contributed by atoms with van der Waals surface area (Å²) in [6.45, 7) is 5.36. The average Bonchev–Trinajstić information content (AvgIpc) is 3.20. The first-order chi connectivity index (χ1) is 11.7. The lowest BCUT2D eigenvalue weighted by atomic mass is 10.2. The van der Waals surface area contributed by atoms with Gasteiger partial charge in [0.1, 0.15) is 5.76 Å². The molecule has 2 heterocycles. The Morgan fingerprint density at radius 1 is 1.38 bits per heavy atom. The summed E-state index contributed by atoms with van der Waals surface area (Å²) in [5.41, 5.74) is 1.06. The molecule has 8 heteroatoms. The summed E-state index contributed by atoms with van der Waals surface area (Å²) < 4.78 is 6.37. The number of amides is 1. The van der Waals surface area contributed by atoms with E-state index in [9.17, 15) is 4.79 Å². The largest absolute Gasteiger partial charge is 0.441 e. The van der Waals surface area contributed by atoms with Gasteiger partial charge in [-0.2, -0.15) is 0 Å². The van der Waals surface area contributed by atoms with Crippen LogP contribution >= 0.6 is 23.1 Å². The third kappa shape index (κ3) is 3.72. The predicted octanol–water partition coefficient (Wildman–Crippen LogP) is 4.03. The van der Waals surface area contributed by atoms with E-state index in [-0.39, 0.29) is 11.6 Å². The molecule has 0 aliphatic carbocycles. The first kappa shape index (κ1) is 16.4. The molecule has 0 unspecified atom stereocenters. The lowest BCUT2D eigenvalue weighted by molar-refractivity contribution is 0.102. The van der Waals surface area contributed by atoms with Crippen molar-refractivity contribution in [1.29, 1.82) is 0 Å². The van der Waals surface area contributed by atoms with Gasteiger partial charge in [-0.15, -0.1) is 16.8 Å². The van der Waals surface area contributed by atoms with Crippen LogP contribution in [0.2, 0.25) is 0 Å². The zero-order chi connectivity index (χ0) is 16.9. The molecule has 24 heavy (non-hydrogen) atoms. The van der Waals surface area contributed by atoms with Gasteiger partial charge in [0, 0.05) is 11.3 Å². The first-order valence-corrected chi connectivity index (χ1v) is 8.89. The molecular weight excluding hydrogens is 344 g/mol. The summed E-state index contributed by atoms with van der Waals surface area (Å²) in [5.74, 6) is 1.25. The molecule has 0 aliphatic heterocycles. The number of aryl methyl sites for hydroxylation is 1. The van der Waals surface area contributed by atoms with Gasteiger partial charge in [-0.3, -0.25) is 10.1 Å². The van der Waals surface area contributed by atoms with Gasteiger partial charge < -0.3 is 4.42 Å². The lowest BCUT2D eigenvalue weighted by Crippen LogP contribution is -2.13. The summed E-state index contributed by atoms with van der Waals surface area (Å²) in [6.07, 6.45) is 1.79. The molecular formula is C16H14N4O2S2. The van der Waals surface area contributed by atoms with Crippen molar-refractivity contribution in [3.8, 4) is 11.5 Å². The number of aromatic nitrogens is 3. The number of hydrogen-bond acceptors (Lipinski definition) is 7. The van der Waals surface area contributed by atoms with Crippen molar-refractivity contribution >= 4 is 34.1 Å². The first-order valence-electron chi connectivity index (χ1n) is 7.09. The summed E-state index contributed by atoms with van der Waals surface area (Å²) in [5, 5.41) is 11.1. The Bertz CT molecular complexity index is 858. The minimum Gasteiger partial charge on any atom is -0.441 e. The van der Waals surface area contributed by atoms with E-state index < -0.39 is 0 Å². The maximum absolute atomic E-state index is 12.4. The van der Waals surface area contributed by atoms with Gasteiger partial charge in [0.2, 0.25) is 11.0 Å². The van der Waals surface area contributed by atoms with Crippen LogP contribution in [0, 0.1) is 6.92 Å². The molecule has 3 aromatic rings. The Hall–Kier alpha value is -2.45. The molecule has 122 valence electrons. The highest BCUT2D eigenvalue weighted by molar-refractivity contribution is 8.01. The topological polar surface area (TPSA) is 80.9 Å². The zero-order valence-corrected chi connectivity index (χ0v) is 14.5. The third-order valence-electron chi connectivity index (χ3n) is 2.98. The van der Waals surface area contributed by atoms with Crippen LogP contribution in [0.25, 0.3) is 11.5 Å². The predicted molar refractivity (Wildman–Crippen MR) is 95.5 cm³/mol. The average molecular weight is 358 g/mol. The molecule has 0 aliphatic rings. The Labute approximate surface area is 147 Å². The van der Waals surface area contributed by atoms with E-state index in [0.717, 1.165) is 15.7 Å². The van der Waals surface area contributed by atoms with Crippen molar-refractivity contribution in [1.82, 2.24) is 15.2 Å². The van der Waals surface area contributed by atoms with Crippen molar-refractivity contribution in [3.63, 3.8) is 0 Å². The Kier molecular flexibility index (Phi) is 5.07. The molecule has 0 radical (unpaired) electrons. The molecule has 1 amide bonds. The lowest BCUT2D eigenvalue weighted by Gasteiger charge is -1.96. The van der Waals surface area contributed by atoms with Crippen LogP contribution in [0.15, 0.2) is 51.7 Å². The Balaban J connectivity index is 1.74. The smallest absolute Gasteiger partial charge is 0.279 e. The van der Waals surface area contributed by atoms with Crippen molar-refractivity contribution in [3.05, 3.63) is 54.4 Å². The number of thioether (sulfide) groups is 1. The van der Waals surface area contributed by atoms with Crippen LogP contribution in [0.4, 0.5) is 5.13 Å². The number of carbonyl (C=O) groups is 1. The second-order valence-corrected chi connectivity index (χ2v) is 6.96. The van der Waals surface area contributed by atoms with Gasteiger partial charge in [-0.25, -0.2) is 4.98 Å². The highest BCUT2D eigenvalue weighted by Gasteiger charge is 2.19. The van der Waals surface area contributed by atoms with Crippen LogP contribution < -0.4 is 5.32 Å². The summed E-state index contributed by atoms with van der Waals surface area (Å²) in [4.78, 5) is 16.7. The number of rotatable bonds is 6. The minimum atomic E-state index is -0.366. The zero-order valence-electron chi connectivity index (χ0n) is 12.9. The van der Waals surface area contributed by atoms with Crippen molar-refractivity contribution < 1.29 is 9.21 Å². The van der Waals surface area contributed by atoms with Gasteiger partial charge in [0.15, 0.2) is 10.0 Å². The molecule has 2 aromatic heterocycles. The van der Waals surface area contributed by atoms with E-state index in [0.29, 0.717) is 16.8 Å². The fourth-order valence-electron chi connectivity index (χ4n) is 1.92. The molecule has 1 aromatic carbocycles. The van der Waals surface area contributed by atoms with Crippen molar-refractivity contribution in [2.75, 3.05) is 11.1 Å². The molecule has 0 saturated heterocycles. The van der Waals surface area contributed by atoms with E-state index in [4.69, 9.17) is 4.42 Å². The molecule has 0 bridgehead atoms. The Morgan fingerprint density at radius 2 is 2.17 bits per heavy atom. The van der Waals surface area contributed by atoms with E-state index >= 15 is 0 Å². The van der Waals surface area contributed by atoms with Crippen LogP contribution in [-0.2, 0) is 0 Å². The fourth-order valence-corrected chi connectivity index (χ4v) is 3.42. The standard InChI is InChI=1S/C16H14N4O2S2/c1-3-9-23-16-20-19-15(24-16)18-13(21)12-10(2)22-14(17-12)11-7-5-4-6-8-11/h3-8H,1,9H2,2H3,(H,18,19,21). The molecule has 0 saturated carbocycles. The number of oxazole rings is 1. The summed E-state index contributed by atoms with van der Waals surface area (Å²) >= 11 is 2.82. The van der Waals surface area contributed by atoms with Gasteiger partial charge in [-0.05, 0) is 19.1 Å². The number of nitrogens with one attached hydrogen (secondary N) is 1. The molecule has 1 N–H and O–H groups in total. The van der Waals surface area contributed by atoms with Crippen LogP contribution in [0.5, 0.6) is 0 Å². The third-order valence-corrected chi connectivity index (χ3v) is 4.95. The van der Waals surface area contributed by atoms with Crippen LogP contribution in [-0.4, -0.2) is 26.8 Å². The maximum Gasteiger partial charge on any atom is 0.279 e. The number of anilines is 1. The highest BCUT2D eigenvalue weighted by atomic mass is 32.2. The summed E-state index contributed by atoms with van der Waals surface area (Å²) in [6, 6.07) is 9.43. The van der Waals surface area contributed by atoms with E-state index in [2.05, 4.69) is 27.1 Å². The number of carbonyl (C=O) groups excluding carboxylic acids is 1. The second kappa shape index (κ2) is 7.41. The molecule has 0 atom stereocenters. The van der Waals surface area contributed by atoms with Gasteiger partial charge in [0.25, 0.3) is 5.91 Å². The van der Waals surface area contributed by atoms with Gasteiger partial charge in [-0.1, -0.05) is 47.4 Å². The van der Waals surface area contributed by atoms with E-state index in [1.54, 1.807) is 13.0 Å². The monoisotopic (exact) mass is 358 g/mol. The minimum absolute atomic E-state index is 0.240. The van der Waals surface area contributed by atoms with Crippen LogP contribution in [0.1, 0.15) is 16.2 Å². The normalized spacial score (nSPS) is 10.5. The molecule has 3 rings (SSSR count). The summed E-state index contributed by atoms with van der Waals surface area (Å²) in [7, 11) is 0. The van der Waals surface area contributed by atoms with E-state index in [1.807, 2.05) is 30.3 Å². The van der Waals surface area contributed by atoms with E-state index in [1.165, 1.54) is 23.1 Å². The van der Waals surface area contributed by atoms with Gasteiger partial charge in [0.05, 0.1) is 0 Å². The number of nitrogens with zero attached hydrogens (tertiary/aromatic N) is 3. The molecule has 0 fully saturated rings. The quantitative estimate of drug-likeness (QED) is 0.407. The van der Waals surface area contributed by atoms with Crippen LogP contribution in [0.3, 0.4) is 0 Å².